The maximum Gasteiger partial charge on any atom is 0.0342 e. The number of dihydropyridines is 1. The molecule has 68 valence electrons. The van der Waals surface area contributed by atoms with Crippen LogP contribution < -0.4 is 5.32 Å². The SMILES string of the molecule is C=C/C(C)=C/C1=C(C)C(=C)NC=C1. The van der Waals surface area contributed by atoms with Crippen LogP contribution in [-0.4, -0.2) is 0 Å². The van der Waals surface area contributed by atoms with Gasteiger partial charge in [-0.25, -0.2) is 0 Å². The van der Waals surface area contributed by atoms with E-state index in [0.29, 0.717) is 0 Å². The standard InChI is InChI=1S/C12H15N/c1-5-9(2)8-12-6-7-13-11(4)10(12)3/h5-8,13H,1,4H2,2-3H3/b9-8+. The molecule has 0 aromatic carbocycles. The highest BCUT2D eigenvalue weighted by Crippen LogP contribution is 2.18. The molecule has 0 radical (unpaired) electrons. The molecule has 0 saturated carbocycles. The van der Waals surface area contributed by atoms with Gasteiger partial charge >= 0.3 is 0 Å². The van der Waals surface area contributed by atoms with Gasteiger partial charge in [0.15, 0.2) is 0 Å². The number of hydrogen-bond acceptors (Lipinski definition) is 1. The van der Waals surface area contributed by atoms with E-state index in [0.717, 1.165) is 11.3 Å². The zero-order valence-corrected chi connectivity index (χ0v) is 8.22. The van der Waals surface area contributed by atoms with Gasteiger partial charge in [-0.2, -0.15) is 0 Å². The van der Waals surface area contributed by atoms with Crippen molar-refractivity contribution in [2.24, 2.45) is 0 Å². The third-order valence-electron chi connectivity index (χ3n) is 2.11. The van der Waals surface area contributed by atoms with Crippen LogP contribution >= 0.6 is 0 Å². The van der Waals surface area contributed by atoms with Crippen LogP contribution in [0.5, 0.6) is 0 Å². The Morgan fingerprint density at radius 1 is 1.54 bits per heavy atom. The average Bonchev–Trinajstić information content (AvgIpc) is 2.13. The van der Waals surface area contributed by atoms with Crippen LogP contribution in [0, 0.1) is 0 Å². The lowest BCUT2D eigenvalue weighted by atomic mass is 10.0. The summed E-state index contributed by atoms with van der Waals surface area (Å²) in [7, 11) is 0. The van der Waals surface area contributed by atoms with E-state index in [2.05, 4.69) is 31.5 Å². The summed E-state index contributed by atoms with van der Waals surface area (Å²) < 4.78 is 0. The second-order valence-corrected chi connectivity index (χ2v) is 3.13. The Bertz CT molecular complexity index is 327. The maximum absolute atomic E-state index is 3.90. The lowest BCUT2D eigenvalue weighted by Crippen LogP contribution is -2.09. The van der Waals surface area contributed by atoms with E-state index in [1.807, 2.05) is 25.3 Å². The molecule has 1 aliphatic rings. The monoisotopic (exact) mass is 173 g/mol. The summed E-state index contributed by atoms with van der Waals surface area (Å²) >= 11 is 0. The van der Waals surface area contributed by atoms with E-state index in [-0.39, 0.29) is 0 Å². The number of rotatable bonds is 2. The molecule has 1 aliphatic heterocycles. The third kappa shape index (κ3) is 2.22. The van der Waals surface area contributed by atoms with Crippen molar-refractivity contribution < 1.29 is 0 Å². The van der Waals surface area contributed by atoms with Crippen LogP contribution in [0.1, 0.15) is 13.8 Å². The van der Waals surface area contributed by atoms with Gasteiger partial charge < -0.3 is 5.32 Å². The van der Waals surface area contributed by atoms with Gasteiger partial charge in [0.25, 0.3) is 0 Å². The van der Waals surface area contributed by atoms with Crippen LogP contribution in [0.3, 0.4) is 0 Å². The van der Waals surface area contributed by atoms with Crippen molar-refractivity contribution in [3.05, 3.63) is 60.0 Å². The molecule has 0 spiro atoms. The predicted molar refractivity (Wildman–Crippen MR) is 58.1 cm³/mol. The summed E-state index contributed by atoms with van der Waals surface area (Å²) in [5.41, 5.74) is 4.50. The molecule has 13 heavy (non-hydrogen) atoms. The molecular weight excluding hydrogens is 158 g/mol. The molecule has 1 heteroatoms. The van der Waals surface area contributed by atoms with E-state index >= 15 is 0 Å². The highest BCUT2D eigenvalue weighted by atomic mass is 14.9. The van der Waals surface area contributed by atoms with Crippen LogP contribution in [0.15, 0.2) is 60.0 Å². The fourth-order valence-corrected chi connectivity index (χ4v) is 1.10. The van der Waals surface area contributed by atoms with E-state index < -0.39 is 0 Å². The van der Waals surface area contributed by atoms with E-state index in [4.69, 9.17) is 0 Å². The molecule has 0 saturated heterocycles. The second kappa shape index (κ2) is 3.94. The van der Waals surface area contributed by atoms with E-state index in [9.17, 15) is 0 Å². The van der Waals surface area contributed by atoms with Crippen LogP contribution in [0.25, 0.3) is 0 Å². The van der Waals surface area contributed by atoms with Crippen LogP contribution in [0.4, 0.5) is 0 Å². The van der Waals surface area contributed by atoms with Crippen molar-refractivity contribution in [3.63, 3.8) is 0 Å². The van der Waals surface area contributed by atoms with Crippen molar-refractivity contribution in [2.45, 2.75) is 13.8 Å². The summed E-state index contributed by atoms with van der Waals surface area (Å²) in [6, 6.07) is 0. The van der Waals surface area contributed by atoms with Gasteiger partial charge in [0.05, 0.1) is 0 Å². The summed E-state index contributed by atoms with van der Waals surface area (Å²) in [5, 5.41) is 3.07. The predicted octanol–water partition coefficient (Wildman–Crippen LogP) is 3.07. The van der Waals surface area contributed by atoms with Crippen molar-refractivity contribution in [2.75, 3.05) is 0 Å². The zero-order chi connectivity index (χ0) is 9.84. The summed E-state index contributed by atoms with van der Waals surface area (Å²) in [6.07, 6.45) is 7.89. The van der Waals surface area contributed by atoms with E-state index in [1.165, 1.54) is 11.1 Å². The van der Waals surface area contributed by atoms with Crippen molar-refractivity contribution >= 4 is 0 Å². The Labute approximate surface area is 79.8 Å². The zero-order valence-electron chi connectivity index (χ0n) is 8.22. The highest BCUT2D eigenvalue weighted by Gasteiger charge is 2.04. The van der Waals surface area contributed by atoms with Crippen LogP contribution in [0.2, 0.25) is 0 Å². The minimum Gasteiger partial charge on any atom is -0.362 e. The van der Waals surface area contributed by atoms with Gasteiger partial charge in [-0.1, -0.05) is 30.9 Å². The Hall–Kier alpha value is -1.50. The molecule has 0 atom stereocenters. The molecule has 0 fully saturated rings. The summed E-state index contributed by atoms with van der Waals surface area (Å²) in [5.74, 6) is 0. The quantitative estimate of drug-likeness (QED) is 0.633. The minimum atomic E-state index is 0.964. The summed E-state index contributed by atoms with van der Waals surface area (Å²) in [4.78, 5) is 0. The minimum absolute atomic E-state index is 0.964. The van der Waals surface area contributed by atoms with Gasteiger partial charge in [0.2, 0.25) is 0 Å². The number of allylic oxidation sites excluding steroid dienone is 6. The van der Waals surface area contributed by atoms with Crippen LogP contribution in [-0.2, 0) is 0 Å². The molecule has 0 amide bonds. The maximum atomic E-state index is 3.90. The molecule has 0 unspecified atom stereocenters. The lowest BCUT2D eigenvalue weighted by Gasteiger charge is -2.14. The molecular formula is C12H15N. The van der Waals surface area contributed by atoms with Gasteiger partial charge in [-0.15, -0.1) is 0 Å². The smallest absolute Gasteiger partial charge is 0.0342 e. The first kappa shape index (κ1) is 9.59. The second-order valence-electron chi connectivity index (χ2n) is 3.13. The highest BCUT2D eigenvalue weighted by molar-refractivity contribution is 5.48. The molecule has 1 rings (SSSR count). The number of nitrogens with one attached hydrogen (secondary N) is 1. The van der Waals surface area contributed by atoms with Crippen molar-refractivity contribution in [1.82, 2.24) is 5.32 Å². The Balaban J connectivity index is 3.03. The van der Waals surface area contributed by atoms with Gasteiger partial charge in [-0.05, 0) is 31.1 Å². The fourth-order valence-electron chi connectivity index (χ4n) is 1.10. The molecule has 1 nitrogen and oxygen atoms in total. The number of hydrogen-bond donors (Lipinski definition) is 1. The van der Waals surface area contributed by atoms with Gasteiger partial charge in [-0.3, -0.25) is 0 Å². The largest absolute Gasteiger partial charge is 0.362 e. The first-order chi connectivity index (χ1) is 6.15. The van der Waals surface area contributed by atoms with E-state index in [1.54, 1.807) is 0 Å². The molecule has 0 aromatic rings. The Morgan fingerprint density at radius 2 is 2.23 bits per heavy atom. The first-order valence-electron chi connectivity index (χ1n) is 4.29. The molecule has 1 N–H and O–H groups in total. The van der Waals surface area contributed by atoms with Gasteiger partial charge in [0.1, 0.15) is 0 Å². The third-order valence-corrected chi connectivity index (χ3v) is 2.11. The van der Waals surface area contributed by atoms with Gasteiger partial charge in [0, 0.05) is 11.9 Å². The molecule has 0 aromatic heterocycles. The molecule has 0 aliphatic carbocycles. The molecule has 1 heterocycles. The normalized spacial score (nSPS) is 17.4. The Morgan fingerprint density at radius 3 is 2.85 bits per heavy atom. The summed E-state index contributed by atoms with van der Waals surface area (Å²) in [6.45, 7) is 11.7. The lowest BCUT2D eigenvalue weighted by molar-refractivity contribution is 1.04. The first-order valence-corrected chi connectivity index (χ1v) is 4.29. The van der Waals surface area contributed by atoms with Crippen molar-refractivity contribution in [1.29, 1.82) is 0 Å². The molecule has 0 bridgehead atoms. The fraction of sp³-hybridized carbons (Fsp3) is 0.167. The Kier molecular flexibility index (Phi) is 2.91. The average molecular weight is 173 g/mol. The van der Waals surface area contributed by atoms with Crippen molar-refractivity contribution in [3.8, 4) is 0 Å². The topological polar surface area (TPSA) is 12.0 Å².